The minimum atomic E-state index is -1.60. The first-order chi connectivity index (χ1) is 15.7. The van der Waals surface area contributed by atoms with E-state index in [1.807, 2.05) is 0 Å². The number of hydrogen-bond donors (Lipinski definition) is 4. The van der Waals surface area contributed by atoms with Crippen molar-refractivity contribution in [3.8, 4) is 11.1 Å². The van der Waals surface area contributed by atoms with Crippen LogP contribution in [-0.4, -0.2) is 23.6 Å². The lowest BCUT2D eigenvalue weighted by molar-refractivity contribution is -0.134. The molecule has 0 radical (unpaired) electrons. The molecule has 4 N–H and O–H groups in total. The first-order valence-electron chi connectivity index (χ1n) is 9.36. The first-order valence-corrected chi connectivity index (χ1v) is 9.36. The van der Waals surface area contributed by atoms with Gasteiger partial charge in [0.2, 0.25) is 5.91 Å². The number of benzene rings is 3. The van der Waals surface area contributed by atoms with Crippen molar-refractivity contribution in [1.82, 2.24) is 10.8 Å². The Kier molecular flexibility index (Phi) is 7.23. The average Bonchev–Trinajstić information content (AvgIpc) is 2.78. The maximum absolute atomic E-state index is 13.5. The molecule has 3 rings (SSSR count). The highest BCUT2D eigenvalue weighted by molar-refractivity contribution is 5.89. The van der Waals surface area contributed by atoms with Crippen LogP contribution in [0.25, 0.3) is 11.1 Å². The Morgan fingerprint density at radius 1 is 0.818 bits per heavy atom. The Morgan fingerprint density at radius 2 is 1.39 bits per heavy atom. The van der Waals surface area contributed by atoms with Gasteiger partial charge in [0.05, 0.1) is 6.54 Å². The van der Waals surface area contributed by atoms with Crippen molar-refractivity contribution in [2.75, 3.05) is 11.9 Å². The van der Waals surface area contributed by atoms with Gasteiger partial charge >= 0.3 is 0 Å². The van der Waals surface area contributed by atoms with Gasteiger partial charge < -0.3 is 10.6 Å². The van der Waals surface area contributed by atoms with Crippen molar-refractivity contribution in [2.45, 2.75) is 6.04 Å². The molecule has 0 fully saturated rings. The largest absolute Gasteiger partial charge is 0.376 e. The number of carbonyl (C=O) groups is 2. The zero-order valence-electron chi connectivity index (χ0n) is 16.6. The number of rotatable bonds is 7. The summed E-state index contributed by atoms with van der Waals surface area (Å²) >= 11 is 0. The Morgan fingerprint density at radius 3 is 1.94 bits per heavy atom. The SMILES string of the molecule is O=C(CNc1cc(F)cc(F)c1)NC(C(=O)NO)c1ccc(-c2cc(F)c(F)c(F)c2)cc1. The van der Waals surface area contributed by atoms with Crippen LogP contribution < -0.4 is 16.1 Å². The Labute approximate surface area is 184 Å². The van der Waals surface area contributed by atoms with Crippen molar-refractivity contribution in [3.05, 3.63) is 89.2 Å². The third kappa shape index (κ3) is 5.83. The van der Waals surface area contributed by atoms with Crippen LogP contribution in [0.4, 0.5) is 27.6 Å². The maximum Gasteiger partial charge on any atom is 0.270 e. The molecule has 11 heteroatoms. The molecule has 1 unspecified atom stereocenters. The predicted molar refractivity (Wildman–Crippen MR) is 107 cm³/mol. The van der Waals surface area contributed by atoms with E-state index in [0.717, 1.165) is 24.3 Å². The smallest absolute Gasteiger partial charge is 0.270 e. The summed E-state index contributed by atoms with van der Waals surface area (Å²) < 4.78 is 66.6. The predicted octanol–water partition coefficient (Wildman–Crippen LogP) is 3.82. The number of anilines is 1. The second-order valence-electron chi connectivity index (χ2n) is 6.86. The molecular formula is C22H16F5N3O3. The molecule has 0 heterocycles. The maximum atomic E-state index is 13.5. The highest BCUT2D eigenvalue weighted by Crippen LogP contribution is 2.25. The zero-order valence-corrected chi connectivity index (χ0v) is 16.6. The van der Waals surface area contributed by atoms with Crippen LogP contribution in [-0.2, 0) is 9.59 Å². The molecule has 1 atom stereocenters. The van der Waals surface area contributed by atoms with Crippen LogP contribution in [0, 0.1) is 29.1 Å². The molecule has 6 nitrogen and oxygen atoms in total. The fraction of sp³-hybridized carbons (Fsp3) is 0.0909. The molecule has 0 bridgehead atoms. The zero-order chi connectivity index (χ0) is 24.1. The lowest BCUT2D eigenvalue weighted by Crippen LogP contribution is -2.41. The lowest BCUT2D eigenvalue weighted by Gasteiger charge is -2.18. The number of carbonyl (C=O) groups excluding carboxylic acids is 2. The number of nitrogens with one attached hydrogen (secondary N) is 3. The van der Waals surface area contributed by atoms with Crippen LogP contribution in [0.2, 0.25) is 0 Å². The van der Waals surface area contributed by atoms with Gasteiger partial charge in [0.15, 0.2) is 17.5 Å². The van der Waals surface area contributed by atoms with Gasteiger partial charge in [0.25, 0.3) is 5.91 Å². The molecule has 0 saturated heterocycles. The summed E-state index contributed by atoms with van der Waals surface area (Å²) in [5, 5.41) is 13.8. The van der Waals surface area contributed by atoms with E-state index in [-0.39, 0.29) is 16.8 Å². The molecular weight excluding hydrogens is 449 g/mol. The van der Waals surface area contributed by atoms with Crippen molar-refractivity contribution in [3.63, 3.8) is 0 Å². The molecule has 2 amide bonds. The van der Waals surface area contributed by atoms with Crippen molar-refractivity contribution < 1.29 is 36.7 Å². The Balaban J connectivity index is 1.74. The van der Waals surface area contributed by atoms with E-state index in [9.17, 15) is 31.5 Å². The first kappa shape index (κ1) is 23.7. The van der Waals surface area contributed by atoms with E-state index in [4.69, 9.17) is 5.21 Å². The van der Waals surface area contributed by atoms with Gasteiger partial charge in [0, 0.05) is 11.8 Å². The number of halogens is 5. The highest BCUT2D eigenvalue weighted by Gasteiger charge is 2.23. The molecule has 3 aromatic carbocycles. The summed E-state index contributed by atoms with van der Waals surface area (Å²) in [6, 6.07) is 8.27. The molecule has 0 spiro atoms. The quantitative estimate of drug-likeness (QED) is 0.185. The molecule has 0 aliphatic heterocycles. The Hall–Kier alpha value is -3.99. The van der Waals surface area contributed by atoms with Gasteiger partial charge in [-0.1, -0.05) is 24.3 Å². The lowest BCUT2D eigenvalue weighted by atomic mass is 10.00. The molecule has 0 aromatic heterocycles. The summed E-state index contributed by atoms with van der Waals surface area (Å²) in [6.45, 7) is -0.454. The van der Waals surface area contributed by atoms with E-state index in [1.54, 1.807) is 0 Å². The Bertz CT molecular complexity index is 1150. The summed E-state index contributed by atoms with van der Waals surface area (Å²) in [4.78, 5) is 24.3. The van der Waals surface area contributed by atoms with E-state index < -0.39 is 53.5 Å². The van der Waals surface area contributed by atoms with Crippen molar-refractivity contribution >= 4 is 17.5 Å². The standard InChI is InChI=1S/C22H16F5N3O3/c23-14-7-15(24)9-16(8-14)28-10-19(31)29-21(22(32)30-33)12-3-1-11(2-4-12)13-5-17(25)20(27)18(26)6-13/h1-9,21,28,33H,10H2,(H,29,31)(H,30,32). The molecule has 0 aliphatic rings. The fourth-order valence-electron chi connectivity index (χ4n) is 3.01. The van der Waals surface area contributed by atoms with Crippen LogP contribution in [0.5, 0.6) is 0 Å². The van der Waals surface area contributed by atoms with Gasteiger partial charge in [-0.3, -0.25) is 14.8 Å². The van der Waals surface area contributed by atoms with E-state index in [1.165, 1.54) is 29.7 Å². The second kappa shape index (κ2) is 10.1. The number of amides is 2. The molecule has 3 aromatic rings. The number of hydroxylamine groups is 1. The van der Waals surface area contributed by atoms with E-state index in [0.29, 0.717) is 11.6 Å². The summed E-state index contributed by atoms with van der Waals surface area (Å²) in [7, 11) is 0. The molecule has 33 heavy (non-hydrogen) atoms. The fourth-order valence-corrected chi connectivity index (χ4v) is 3.01. The van der Waals surface area contributed by atoms with Gasteiger partial charge in [-0.15, -0.1) is 0 Å². The summed E-state index contributed by atoms with van der Waals surface area (Å²) in [5.41, 5.74) is 1.93. The number of hydrogen-bond acceptors (Lipinski definition) is 4. The average molecular weight is 465 g/mol. The molecule has 172 valence electrons. The molecule has 0 aliphatic carbocycles. The van der Waals surface area contributed by atoms with Gasteiger partial charge in [-0.05, 0) is 41.0 Å². The van der Waals surface area contributed by atoms with Gasteiger partial charge in [-0.2, -0.15) is 0 Å². The minimum absolute atomic E-state index is 0.00563. The monoisotopic (exact) mass is 465 g/mol. The molecule has 0 saturated carbocycles. The van der Waals surface area contributed by atoms with Crippen LogP contribution in [0.1, 0.15) is 11.6 Å². The third-order valence-corrected chi connectivity index (χ3v) is 4.55. The van der Waals surface area contributed by atoms with Crippen LogP contribution in [0.15, 0.2) is 54.6 Å². The third-order valence-electron chi connectivity index (χ3n) is 4.55. The van der Waals surface area contributed by atoms with Crippen LogP contribution >= 0.6 is 0 Å². The van der Waals surface area contributed by atoms with E-state index >= 15 is 0 Å². The van der Waals surface area contributed by atoms with Crippen molar-refractivity contribution in [1.29, 1.82) is 0 Å². The topological polar surface area (TPSA) is 90.5 Å². The van der Waals surface area contributed by atoms with Crippen LogP contribution in [0.3, 0.4) is 0 Å². The highest BCUT2D eigenvalue weighted by atomic mass is 19.2. The van der Waals surface area contributed by atoms with Gasteiger partial charge in [0.1, 0.15) is 17.7 Å². The summed E-state index contributed by atoms with van der Waals surface area (Å²) in [5.74, 6) is -7.79. The second-order valence-corrected chi connectivity index (χ2v) is 6.86. The normalized spacial score (nSPS) is 11.6. The van der Waals surface area contributed by atoms with Gasteiger partial charge in [-0.25, -0.2) is 27.4 Å². The minimum Gasteiger partial charge on any atom is -0.376 e. The summed E-state index contributed by atoms with van der Waals surface area (Å²) in [6.07, 6.45) is 0. The van der Waals surface area contributed by atoms with E-state index in [2.05, 4.69) is 10.6 Å². The van der Waals surface area contributed by atoms with Crippen molar-refractivity contribution in [2.24, 2.45) is 0 Å².